The second-order valence-corrected chi connectivity index (χ2v) is 6.14. The van der Waals surface area contributed by atoms with Crippen molar-refractivity contribution in [3.8, 4) is 0 Å². The number of carbonyl (C=O) groups is 1. The molecular weight excluding hydrogens is 384 g/mol. The minimum absolute atomic E-state index is 0.185. The lowest BCUT2D eigenvalue weighted by atomic mass is 10.3. The fourth-order valence-corrected chi connectivity index (χ4v) is 2.40. The molecule has 0 bridgehead atoms. The van der Waals surface area contributed by atoms with Crippen LogP contribution in [0.3, 0.4) is 0 Å². The first-order valence-corrected chi connectivity index (χ1v) is 8.10. The van der Waals surface area contributed by atoms with Crippen LogP contribution in [-0.2, 0) is 19.7 Å². The molecule has 13 nitrogen and oxygen atoms in total. The van der Waals surface area contributed by atoms with E-state index >= 15 is 0 Å². The Balaban J connectivity index is 2.36. The zero-order valence-corrected chi connectivity index (χ0v) is 13.4. The Morgan fingerprint density at radius 3 is 2.40 bits per heavy atom. The number of hydrogen-bond donors (Lipinski definition) is 4. The number of azo groups is 1. The van der Waals surface area contributed by atoms with Gasteiger partial charge >= 0.3 is 21.8 Å². The van der Waals surface area contributed by atoms with E-state index in [0.717, 1.165) is 0 Å². The van der Waals surface area contributed by atoms with Crippen molar-refractivity contribution in [1.82, 2.24) is 9.19 Å². The van der Waals surface area contributed by atoms with Gasteiger partial charge in [-0.2, -0.15) is 13.5 Å². The van der Waals surface area contributed by atoms with Gasteiger partial charge in [0.2, 0.25) is 0 Å². The maximum atomic E-state index is 11.9. The Bertz CT molecular complexity index is 961. The van der Waals surface area contributed by atoms with Crippen LogP contribution in [-0.4, -0.2) is 38.5 Å². The van der Waals surface area contributed by atoms with Crippen LogP contribution in [0.4, 0.5) is 11.4 Å². The van der Waals surface area contributed by atoms with Gasteiger partial charge in [0.1, 0.15) is 0 Å². The number of carboxylic acid groups (broad SMARTS) is 1. The third kappa shape index (κ3) is 4.50. The fourth-order valence-electron chi connectivity index (χ4n) is 1.54. The van der Waals surface area contributed by atoms with Crippen LogP contribution in [0.5, 0.6) is 0 Å². The monoisotopic (exact) mass is 392 g/mol. The summed E-state index contributed by atoms with van der Waals surface area (Å²) in [5.74, 6) is -1.68. The second-order valence-electron chi connectivity index (χ2n) is 4.11. The first-order valence-electron chi connectivity index (χ1n) is 5.97. The standard InChI is InChI=1S/C10H8N4O9S2/c15-9-7(8(10(16)17)13-14(9)25(19,20)21)12-11-5-1-3-6(4-2-5)24-23-22-18/h1-4,13,18H,(H,16,17)(H,19,20,21). The van der Waals surface area contributed by atoms with Gasteiger partial charge in [0.15, 0.2) is 11.4 Å². The Morgan fingerprint density at radius 2 is 1.88 bits per heavy atom. The molecule has 0 amide bonds. The lowest BCUT2D eigenvalue weighted by Gasteiger charge is -1.97. The zero-order valence-electron chi connectivity index (χ0n) is 11.8. The summed E-state index contributed by atoms with van der Waals surface area (Å²) in [7, 11) is -5.03. The highest BCUT2D eigenvalue weighted by Crippen LogP contribution is 2.24. The molecule has 1 aromatic carbocycles. The molecule has 0 saturated carbocycles. The Morgan fingerprint density at radius 1 is 1.24 bits per heavy atom. The lowest BCUT2D eigenvalue weighted by molar-refractivity contribution is -0.432. The molecule has 2 rings (SSSR count). The first-order chi connectivity index (χ1) is 11.7. The number of rotatable bonds is 7. The van der Waals surface area contributed by atoms with E-state index in [1.54, 1.807) is 5.10 Å². The summed E-state index contributed by atoms with van der Waals surface area (Å²) in [5.41, 5.74) is -2.92. The van der Waals surface area contributed by atoms with Crippen molar-refractivity contribution in [1.29, 1.82) is 0 Å². The number of aromatic carboxylic acids is 1. The molecule has 0 aliphatic rings. The molecule has 0 radical (unpaired) electrons. The van der Waals surface area contributed by atoms with Gasteiger partial charge in [-0.3, -0.25) is 14.4 Å². The normalized spacial score (nSPS) is 11.9. The van der Waals surface area contributed by atoms with Gasteiger partial charge in [-0.05, 0) is 24.3 Å². The molecule has 0 fully saturated rings. The summed E-state index contributed by atoms with van der Waals surface area (Å²) >= 11 is 0.683. The molecule has 2 aromatic rings. The molecule has 15 heteroatoms. The number of nitrogens with one attached hydrogen (secondary N) is 1. The lowest BCUT2D eigenvalue weighted by Crippen LogP contribution is -2.24. The molecule has 0 aliphatic carbocycles. The van der Waals surface area contributed by atoms with E-state index in [4.69, 9.17) is 14.9 Å². The van der Waals surface area contributed by atoms with Crippen molar-refractivity contribution in [3.63, 3.8) is 0 Å². The molecule has 0 aliphatic heterocycles. The van der Waals surface area contributed by atoms with Gasteiger partial charge in [0.05, 0.1) is 17.7 Å². The molecular formula is C10H8N4O9S2. The first kappa shape index (κ1) is 18.8. The van der Waals surface area contributed by atoms with E-state index in [1.807, 2.05) is 0 Å². The minimum atomic E-state index is -5.03. The van der Waals surface area contributed by atoms with E-state index < -0.39 is 33.2 Å². The number of nitrogens with zero attached hydrogens (tertiary/aromatic N) is 3. The quantitative estimate of drug-likeness (QED) is 0.176. The summed E-state index contributed by atoms with van der Waals surface area (Å²) in [6, 6.07) is 5.76. The highest BCUT2D eigenvalue weighted by Gasteiger charge is 2.24. The van der Waals surface area contributed by atoms with E-state index in [9.17, 15) is 18.0 Å². The van der Waals surface area contributed by atoms with E-state index in [1.165, 1.54) is 24.3 Å². The van der Waals surface area contributed by atoms with Crippen LogP contribution in [0, 0.1) is 0 Å². The van der Waals surface area contributed by atoms with Crippen molar-refractivity contribution in [3.05, 3.63) is 40.3 Å². The highest BCUT2D eigenvalue weighted by atomic mass is 32.2. The number of benzene rings is 1. The molecule has 0 spiro atoms. The van der Waals surface area contributed by atoms with Crippen molar-refractivity contribution < 1.29 is 37.5 Å². The average molecular weight is 392 g/mol. The summed E-state index contributed by atoms with van der Waals surface area (Å²) in [6.45, 7) is 0. The van der Waals surface area contributed by atoms with Gasteiger partial charge in [0.25, 0.3) is 0 Å². The third-order valence-electron chi connectivity index (χ3n) is 2.54. The van der Waals surface area contributed by atoms with Gasteiger partial charge in [-0.25, -0.2) is 10.1 Å². The smallest absolute Gasteiger partial charge is 0.380 e. The van der Waals surface area contributed by atoms with E-state index in [-0.39, 0.29) is 9.77 Å². The van der Waals surface area contributed by atoms with E-state index in [0.29, 0.717) is 16.9 Å². The Labute approximate surface area is 142 Å². The third-order valence-corrected chi connectivity index (χ3v) is 3.86. The van der Waals surface area contributed by atoms with Crippen molar-refractivity contribution in [2.75, 3.05) is 0 Å². The molecule has 1 aromatic heterocycles. The van der Waals surface area contributed by atoms with Gasteiger partial charge in [-0.1, -0.05) is 5.04 Å². The summed E-state index contributed by atoms with van der Waals surface area (Å²) in [4.78, 5) is 23.4. The van der Waals surface area contributed by atoms with Crippen LogP contribution in [0.2, 0.25) is 0 Å². The predicted octanol–water partition coefficient (Wildman–Crippen LogP) is 1.37. The van der Waals surface area contributed by atoms with Crippen molar-refractivity contribution in [2.24, 2.45) is 10.2 Å². The SMILES string of the molecule is O=C(O)c1[nH]n(S(=O)(=O)O)c(=O)c1N=Nc1ccc(SOOO)cc1. The summed E-state index contributed by atoms with van der Waals surface area (Å²) in [6.07, 6.45) is 0. The average Bonchev–Trinajstić information content (AvgIpc) is 2.89. The highest BCUT2D eigenvalue weighted by molar-refractivity contribution is 7.94. The number of aromatic nitrogens is 2. The molecule has 0 saturated heterocycles. The van der Waals surface area contributed by atoms with Gasteiger partial charge < -0.3 is 5.11 Å². The minimum Gasteiger partial charge on any atom is -0.476 e. The number of carboxylic acids is 1. The second kappa shape index (κ2) is 7.55. The van der Waals surface area contributed by atoms with Crippen molar-refractivity contribution >= 4 is 39.7 Å². The maximum absolute atomic E-state index is 11.9. The Kier molecular flexibility index (Phi) is 5.67. The van der Waals surface area contributed by atoms with Crippen LogP contribution in [0.1, 0.15) is 10.5 Å². The summed E-state index contributed by atoms with van der Waals surface area (Å²) in [5, 5.41) is 29.2. The molecule has 0 unspecified atom stereocenters. The number of H-pyrrole nitrogens is 1. The fraction of sp³-hybridized carbons (Fsp3) is 0. The molecule has 25 heavy (non-hydrogen) atoms. The van der Waals surface area contributed by atoms with Gasteiger partial charge in [0, 0.05) is 4.90 Å². The zero-order chi connectivity index (χ0) is 18.6. The number of hydrogen-bond acceptors (Lipinski definition) is 10. The van der Waals surface area contributed by atoms with Crippen LogP contribution in [0.25, 0.3) is 0 Å². The molecule has 4 N–H and O–H groups in total. The largest absolute Gasteiger partial charge is 0.476 e. The van der Waals surface area contributed by atoms with Crippen LogP contribution >= 0.6 is 12.0 Å². The predicted molar refractivity (Wildman–Crippen MR) is 80.2 cm³/mol. The number of aromatic amines is 1. The summed E-state index contributed by atoms with van der Waals surface area (Å²) < 4.78 is 34.8. The van der Waals surface area contributed by atoms with Crippen molar-refractivity contribution in [2.45, 2.75) is 4.90 Å². The van der Waals surface area contributed by atoms with Crippen LogP contribution < -0.4 is 5.56 Å². The molecule has 134 valence electrons. The van der Waals surface area contributed by atoms with E-state index in [2.05, 4.69) is 19.6 Å². The maximum Gasteiger partial charge on any atom is 0.380 e. The van der Waals surface area contributed by atoms with Gasteiger partial charge in [-0.15, -0.1) is 13.5 Å². The Hall–Kier alpha value is -2.56. The molecule has 0 atom stereocenters. The van der Waals surface area contributed by atoms with Crippen LogP contribution in [0.15, 0.2) is 44.2 Å². The topological polar surface area (TPSA) is 193 Å². The molecule has 1 heterocycles.